The van der Waals surface area contributed by atoms with E-state index in [0.29, 0.717) is 38.6 Å². The number of aryl methyl sites for hydroxylation is 1. The first-order valence-electron chi connectivity index (χ1n) is 12.1. The van der Waals surface area contributed by atoms with Gasteiger partial charge in [-0.15, -0.1) is 10.2 Å². The van der Waals surface area contributed by atoms with Crippen molar-refractivity contribution in [2.24, 2.45) is 5.73 Å². The van der Waals surface area contributed by atoms with Crippen LogP contribution in [0, 0.1) is 18.3 Å². The number of allylic oxidation sites excluding steroid dienone is 1. The number of anilines is 1. The van der Waals surface area contributed by atoms with Gasteiger partial charge in [0, 0.05) is 5.02 Å². The van der Waals surface area contributed by atoms with Gasteiger partial charge in [-0.1, -0.05) is 41.9 Å². The highest BCUT2D eigenvalue weighted by Crippen LogP contribution is 2.44. The molecule has 1 aromatic heterocycles. The normalized spacial score (nSPS) is 15.3. The van der Waals surface area contributed by atoms with Gasteiger partial charge in [-0.25, -0.2) is 9.59 Å². The van der Waals surface area contributed by atoms with Gasteiger partial charge in [0.05, 0.1) is 48.7 Å². The van der Waals surface area contributed by atoms with Crippen LogP contribution in [-0.4, -0.2) is 41.2 Å². The zero-order chi connectivity index (χ0) is 28.6. The van der Waals surface area contributed by atoms with E-state index in [1.807, 2.05) is 0 Å². The second-order valence-corrected chi connectivity index (χ2v) is 9.36. The molecule has 1 atom stereocenters. The minimum atomic E-state index is -0.959. The zero-order valence-electron chi connectivity index (χ0n) is 21.8. The van der Waals surface area contributed by atoms with Crippen LogP contribution < -0.4 is 10.6 Å². The van der Waals surface area contributed by atoms with Crippen LogP contribution in [0.15, 0.2) is 89.4 Å². The number of carbonyl (C=O) groups is 2. The summed E-state index contributed by atoms with van der Waals surface area (Å²) in [4.78, 5) is 29.5. The lowest BCUT2D eigenvalue weighted by Crippen LogP contribution is -2.41. The predicted octanol–water partition coefficient (Wildman–Crippen LogP) is 4.28. The van der Waals surface area contributed by atoms with E-state index in [1.165, 1.54) is 23.9 Å². The summed E-state index contributed by atoms with van der Waals surface area (Å²) in [5, 5.41) is 20.0. The Morgan fingerprint density at radius 2 is 1.60 bits per heavy atom. The number of nitriles is 1. The van der Waals surface area contributed by atoms with Crippen LogP contribution in [0.25, 0.3) is 16.7 Å². The maximum atomic E-state index is 13.4. The highest BCUT2D eigenvalue weighted by molar-refractivity contribution is 6.30. The van der Waals surface area contributed by atoms with E-state index >= 15 is 0 Å². The Balaban J connectivity index is 1.77. The fraction of sp³-hybridized carbons (Fsp3) is 0.138. The van der Waals surface area contributed by atoms with Gasteiger partial charge >= 0.3 is 11.9 Å². The molecule has 0 aliphatic carbocycles. The molecule has 0 amide bonds. The standard InChI is InChI=1S/C29H23ClN6O4/c1-16-13-21-22(34-36(33-21)19-11-9-18(30)10-12-19)14-23(16)35-26(29(38)40-3)25(28(37)39-2)24(20(15-31)27(35)32)17-7-5-4-6-8-17/h4-14,24H,32H2,1-3H3. The van der Waals surface area contributed by atoms with E-state index in [-0.39, 0.29) is 22.7 Å². The molecule has 1 unspecified atom stereocenters. The van der Waals surface area contributed by atoms with Gasteiger partial charge in [0.1, 0.15) is 22.6 Å². The molecule has 40 heavy (non-hydrogen) atoms. The number of fused-ring (bicyclic) bond motifs is 1. The Bertz CT molecular complexity index is 1750. The number of hydrogen-bond donors (Lipinski definition) is 1. The van der Waals surface area contributed by atoms with Crippen molar-refractivity contribution in [1.82, 2.24) is 15.0 Å². The van der Waals surface area contributed by atoms with Crippen LogP contribution >= 0.6 is 11.6 Å². The van der Waals surface area contributed by atoms with Crippen LogP contribution in [0.1, 0.15) is 17.0 Å². The first kappa shape index (κ1) is 26.5. The summed E-state index contributed by atoms with van der Waals surface area (Å²) in [7, 11) is 2.41. The van der Waals surface area contributed by atoms with E-state index in [4.69, 9.17) is 26.8 Å². The Morgan fingerprint density at radius 1 is 0.975 bits per heavy atom. The van der Waals surface area contributed by atoms with Crippen LogP contribution in [0.5, 0.6) is 0 Å². The fourth-order valence-corrected chi connectivity index (χ4v) is 4.88. The smallest absolute Gasteiger partial charge is 0.355 e. The van der Waals surface area contributed by atoms with E-state index in [2.05, 4.69) is 16.3 Å². The molecule has 5 rings (SSSR count). The van der Waals surface area contributed by atoms with Gasteiger partial charge in [-0.2, -0.15) is 10.1 Å². The Kier molecular flexibility index (Phi) is 6.98. The van der Waals surface area contributed by atoms with Crippen molar-refractivity contribution in [2.45, 2.75) is 12.8 Å². The number of ether oxygens (including phenoxy) is 2. The fourth-order valence-electron chi connectivity index (χ4n) is 4.75. The topological polar surface area (TPSA) is 136 Å². The van der Waals surface area contributed by atoms with Crippen LogP contribution in [0.3, 0.4) is 0 Å². The number of hydrogen-bond acceptors (Lipinski definition) is 9. The molecule has 0 saturated heterocycles. The molecule has 0 bridgehead atoms. The number of nitrogens with two attached hydrogens (primary N) is 1. The molecule has 2 heterocycles. The summed E-state index contributed by atoms with van der Waals surface area (Å²) in [6.07, 6.45) is 0. The number of methoxy groups -OCH3 is 2. The molecule has 1 aliphatic rings. The summed E-state index contributed by atoms with van der Waals surface area (Å²) < 4.78 is 10.2. The van der Waals surface area contributed by atoms with Crippen molar-refractivity contribution in [3.63, 3.8) is 0 Å². The quantitative estimate of drug-likeness (QED) is 0.358. The molecule has 3 aromatic carbocycles. The van der Waals surface area contributed by atoms with Crippen LogP contribution in [0.4, 0.5) is 5.69 Å². The number of esters is 2. The lowest BCUT2D eigenvalue weighted by Gasteiger charge is -2.36. The van der Waals surface area contributed by atoms with Crippen molar-refractivity contribution in [3.05, 3.63) is 106 Å². The highest BCUT2D eigenvalue weighted by atomic mass is 35.5. The third-order valence-electron chi connectivity index (χ3n) is 6.61. The lowest BCUT2D eigenvalue weighted by atomic mass is 9.80. The Hall–Kier alpha value is -5.14. The van der Waals surface area contributed by atoms with Crippen molar-refractivity contribution < 1.29 is 19.1 Å². The summed E-state index contributed by atoms with van der Waals surface area (Å²) in [6, 6.07) is 21.5. The van der Waals surface area contributed by atoms with Gasteiger partial charge < -0.3 is 15.2 Å². The maximum Gasteiger partial charge on any atom is 0.355 e. The van der Waals surface area contributed by atoms with Crippen LogP contribution in [0.2, 0.25) is 5.02 Å². The van der Waals surface area contributed by atoms with Gasteiger partial charge in [-0.05, 0) is 54.4 Å². The summed E-state index contributed by atoms with van der Waals surface area (Å²) in [5.41, 5.74) is 9.88. The van der Waals surface area contributed by atoms with Crippen molar-refractivity contribution >= 4 is 40.3 Å². The molecule has 11 heteroatoms. The first-order valence-corrected chi connectivity index (χ1v) is 12.5. The van der Waals surface area contributed by atoms with Gasteiger partial charge in [-0.3, -0.25) is 4.90 Å². The minimum Gasteiger partial charge on any atom is -0.466 e. The van der Waals surface area contributed by atoms with Gasteiger partial charge in [0.15, 0.2) is 0 Å². The lowest BCUT2D eigenvalue weighted by molar-refractivity contribution is -0.139. The second-order valence-electron chi connectivity index (χ2n) is 8.93. The third-order valence-corrected chi connectivity index (χ3v) is 6.86. The van der Waals surface area contributed by atoms with E-state index in [0.717, 1.165) is 0 Å². The van der Waals surface area contributed by atoms with E-state index in [1.54, 1.807) is 73.7 Å². The zero-order valence-corrected chi connectivity index (χ0v) is 22.5. The molecular weight excluding hydrogens is 532 g/mol. The molecule has 0 saturated carbocycles. The molecular formula is C29H23ClN6O4. The summed E-state index contributed by atoms with van der Waals surface area (Å²) in [6.45, 7) is 1.80. The number of nitrogens with zero attached hydrogens (tertiary/aromatic N) is 5. The average Bonchev–Trinajstić information content (AvgIpc) is 3.38. The minimum absolute atomic E-state index is 0.0306. The van der Waals surface area contributed by atoms with Crippen LogP contribution in [-0.2, 0) is 19.1 Å². The molecule has 0 fully saturated rings. The largest absolute Gasteiger partial charge is 0.466 e. The molecule has 200 valence electrons. The number of benzene rings is 3. The molecule has 0 spiro atoms. The number of aromatic nitrogens is 3. The summed E-state index contributed by atoms with van der Waals surface area (Å²) in [5.74, 6) is -2.62. The Labute approximate surface area is 234 Å². The maximum absolute atomic E-state index is 13.4. The molecule has 10 nitrogen and oxygen atoms in total. The van der Waals surface area contributed by atoms with Gasteiger partial charge in [0.25, 0.3) is 0 Å². The monoisotopic (exact) mass is 554 g/mol. The molecule has 0 radical (unpaired) electrons. The predicted molar refractivity (Wildman–Crippen MR) is 148 cm³/mol. The second kappa shape index (κ2) is 10.6. The van der Waals surface area contributed by atoms with E-state index < -0.39 is 17.9 Å². The van der Waals surface area contributed by atoms with Crippen molar-refractivity contribution in [2.75, 3.05) is 19.1 Å². The SMILES string of the molecule is COC(=O)C1=C(C(=O)OC)N(c2cc3nn(-c4ccc(Cl)cc4)nc3cc2C)C(N)=C(C#N)C1c1ccccc1. The van der Waals surface area contributed by atoms with E-state index in [9.17, 15) is 14.9 Å². The number of rotatable bonds is 5. The number of halogens is 1. The number of carbonyl (C=O) groups excluding carboxylic acids is 2. The van der Waals surface area contributed by atoms with Gasteiger partial charge in [0.2, 0.25) is 0 Å². The first-order chi connectivity index (χ1) is 19.3. The molecule has 4 aromatic rings. The van der Waals surface area contributed by atoms with Crippen molar-refractivity contribution in [1.29, 1.82) is 5.26 Å². The molecule has 2 N–H and O–H groups in total. The third kappa shape index (κ3) is 4.42. The molecule has 1 aliphatic heterocycles. The highest BCUT2D eigenvalue weighted by Gasteiger charge is 2.43. The Morgan fingerprint density at radius 3 is 2.20 bits per heavy atom. The average molecular weight is 555 g/mol. The summed E-state index contributed by atoms with van der Waals surface area (Å²) >= 11 is 6.02. The van der Waals surface area contributed by atoms with Crippen molar-refractivity contribution in [3.8, 4) is 11.8 Å².